The number of nitrogens with two attached hydrogens (primary N) is 1. The van der Waals surface area contributed by atoms with E-state index in [1.165, 1.54) is 12.8 Å². The second-order valence-electron chi connectivity index (χ2n) is 7.51. The van der Waals surface area contributed by atoms with Crippen LogP contribution in [-0.4, -0.2) is 59.7 Å². The number of rotatable bonds is 7. The lowest BCUT2D eigenvalue weighted by Crippen LogP contribution is -2.57. The molecule has 0 bridgehead atoms. The van der Waals surface area contributed by atoms with Crippen LogP contribution in [0.5, 0.6) is 0 Å². The molecule has 2 atom stereocenters. The first-order valence-corrected chi connectivity index (χ1v) is 10.6. The number of thiol groups is 1. The summed E-state index contributed by atoms with van der Waals surface area (Å²) < 4.78 is 0. The Morgan fingerprint density at radius 2 is 2.00 bits per heavy atom. The van der Waals surface area contributed by atoms with Crippen molar-refractivity contribution >= 4 is 29.3 Å². The Labute approximate surface area is 168 Å². The van der Waals surface area contributed by atoms with Gasteiger partial charge in [-0.15, -0.1) is 0 Å². The van der Waals surface area contributed by atoms with Crippen LogP contribution in [-0.2, 0) is 0 Å². The third kappa shape index (κ3) is 4.84. The van der Waals surface area contributed by atoms with Gasteiger partial charge in [0.2, 0.25) is 0 Å². The summed E-state index contributed by atoms with van der Waals surface area (Å²) in [5.41, 5.74) is 6.95. The Hall–Kier alpha value is -1.56. The molecule has 3 rings (SSSR count). The van der Waals surface area contributed by atoms with E-state index in [1.54, 1.807) is 0 Å². The average Bonchev–Trinajstić information content (AvgIpc) is 2.71. The predicted molar refractivity (Wildman–Crippen MR) is 117 cm³/mol. The summed E-state index contributed by atoms with van der Waals surface area (Å²) >= 11 is 4.33. The minimum absolute atomic E-state index is 0.0813. The van der Waals surface area contributed by atoms with Gasteiger partial charge in [-0.3, -0.25) is 9.69 Å². The van der Waals surface area contributed by atoms with E-state index in [-0.39, 0.29) is 11.9 Å². The Morgan fingerprint density at radius 3 is 2.78 bits per heavy atom. The summed E-state index contributed by atoms with van der Waals surface area (Å²) in [6.45, 7) is 5.48. The number of unbranched alkanes of at least 4 members (excludes halogenated alkanes) is 1. The molecule has 0 saturated carbocycles. The minimum atomic E-state index is 0.0813. The zero-order chi connectivity index (χ0) is 19.2. The molecule has 0 aliphatic carbocycles. The Bertz CT molecular complexity index is 761. The van der Waals surface area contributed by atoms with Gasteiger partial charge in [-0.2, -0.15) is 12.6 Å². The standard InChI is InChI=1S/C22H31N3OS/c1-2-3-9-19-15-25(13-12-24(19)14-18(23)16-27)22(26)21-11-6-8-17-7-4-5-10-20(17)21/h4-8,10-11,18-19,27H,2-3,9,12-16,23H2,1H3/t18-,19-/m0/s1. The smallest absolute Gasteiger partial charge is 0.254 e. The molecular weight excluding hydrogens is 354 g/mol. The van der Waals surface area contributed by atoms with Gasteiger partial charge in [0, 0.05) is 49.6 Å². The normalized spacial score (nSPS) is 19.4. The lowest BCUT2D eigenvalue weighted by molar-refractivity contribution is 0.0450. The molecule has 1 heterocycles. The largest absolute Gasteiger partial charge is 0.336 e. The zero-order valence-corrected chi connectivity index (χ0v) is 17.1. The van der Waals surface area contributed by atoms with Crippen LogP contribution in [0.3, 0.4) is 0 Å². The van der Waals surface area contributed by atoms with Crippen LogP contribution in [0.4, 0.5) is 0 Å². The summed E-state index contributed by atoms with van der Waals surface area (Å²) in [5, 5.41) is 2.15. The number of piperazine rings is 1. The van der Waals surface area contributed by atoms with Crippen molar-refractivity contribution in [1.82, 2.24) is 9.80 Å². The molecule has 1 aliphatic rings. The number of nitrogens with zero attached hydrogens (tertiary/aromatic N) is 2. The van der Waals surface area contributed by atoms with Crippen molar-refractivity contribution in [2.75, 3.05) is 31.9 Å². The fraction of sp³-hybridized carbons (Fsp3) is 0.500. The third-order valence-corrected chi connectivity index (χ3v) is 5.98. The van der Waals surface area contributed by atoms with Gasteiger partial charge in [0.15, 0.2) is 0 Å². The van der Waals surface area contributed by atoms with Crippen molar-refractivity contribution in [1.29, 1.82) is 0 Å². The molecule has 2 N–H and O–H groups in total. The van der Waals surface area contributed by atoms with Gasteiger partial charge < -0.3 is 10.6 Å². The van der Waals surface area contributed by atoms with Crippen molar-refractivity contribution in [3.8, 4) is 0 Å². The molecule has 2 aromatic rings. The summed E-state index contributed by atoms with van der Waals surface area (Å²) in [7, 11) is 0. The number of carbonyl (C=O) groups excluding carboxylic acids is 1. The molecule has 2 aromatic carbocycles. The van der Waals surface area contributed by atoms with E-state index in [2.05, 4.69) is 36.6 Å². The number of benzene rings is 2. The molecule has 0 unspecified atom stereocenters. The van der Waals surface area contributed by atoms with Crippen molar-refractivity contribution in [3.05, 3.63) is 48.0 Å². The summed E-state index contributed by atoms with van der Waals surface area (Å²) in [6, 6.07) is 14.6. The maximum atomic E-state index is 13.3. The van der Waals surface area contributed by atoms with E-state index in [0.29, 0.717) is 11.8 Å². The Kier molecular flexibility index (Phi) is 7.16. The van der Waals surface area contributed by atoms with Gasteiger partial charge in [-0.25, -0.2) is 0 Å². The molecule has 146 valence electrons. The van der Waals surface area contributed by atoms with Gasteiger partial charge in [0.05, 0.1) is 0 Å². The maximum absolute atomic E-state index is 13.3. The molecular formula is C22H31N3OS. The second kappa shape index (κ2) is 9.58. The second-order valence-corrected chi connectivity index (χ2v) is 7.88. The van der Waals surface area contributed by atoms with Crippen LogP contribution < -0.4 is 5.73 Å². The summed E-state index contributed by atoms with van der Waals surface area (Å²) in [5.74, 6) is 0.835. The quantitative estimate of drug-likeness (QED) is 0.718. The first kappa shape index (κ1) is 20.2. The van der Waals surface area contributed by atoms with Crippen molar-refractivity contribution in [2.24, 2.45) is 5.73 Å². The highest BCUT2D eigenvalue weighted by atomic mass is 32.1. The van der Waals surface area contributed by atoms with E-state index in [9.17, 15) is 4.79 Å². The molecule has 1 aliphatic heterocycles. The molecule has 0 aromatic heterocycles. The van der Waals surface area contributed by atoms with Gasteiger partial charge in [0.1, 0.15) is 0 Å². The van der Waals surface area contributed by atoms with Crippen molar-refractivity contribution in [3.63, 3.8) is 0 Å². The third-order valence-electron chi connectivity index (χ3n) is 5.51. The lowest BCUT2D eigenvalue weighted by atomic mass is 10.0. The molecule has 27 heavy (non-hydrogen) atoms. The molecule has 0 spiro atoms. The number of hydrogen-bond acceptors (Lipinski definition) is 4. The average molecular weight is 386 g/mol. The highest BCUT2D eigenvalue weighted by Gasteiger charge is 2.30. The molecule has 1 fully saturated rings. The fourth-order valence-electron chi connectivity index (χ4n) is 3.97. The highest BCUT2D eigenvalue weighted by molar-refractivity contribution is 7.80. The van der Waals surface area contributed by atoms with E-state index >= 15 is 0 Å². The number of carbonyl (C=O) groups is 1. The van der Waals surface area contributed by atoms with Gasteiger partial charge in [-0.05, 0) is 23.3 Å². The van der Waals surface area contributed by atoms with Crippen LogP contribution in [0.25, 0.3) is 10.8 Å². The first-order valence-electron chi connectivity index (χ1n) is 10.0. The molecule has 4 nitrogen and oxygen atoms in total. The maximum Gasteiger partial charge on any atom is 0.254 e. The molecule has 0 radical (unpaired) electrons. The van der Waals surface area contributed by atoms with Crippen LogP contribution in [0.15, 0.2) is 42.5 Å². The van der Waals surface area contributed by atoms with E-state index in [1.807, 2.05) is 35.2 Å². The van der Waals surface area contributed by atoms with Crippen LogP contribution in [0.2, 0.25) is 0 Å². The monoisotopic (exact) mass is 385 g/mol. The number of hydrogen-bond donors (Lipinski definition) is 2. The van der Waals surface area contributed by atoms with Crippen molar-refractivity contribution in [2.45, 2.75) is 38.3 Å². The SMILES string of the molecule is CCCC[C@H]1CN(C(=O)c2cccc3ccccc23)CCN1C[C@H](N)CS. The highest BCUT2D eigenvalue weighted by Crippen LogP contribution is 2.23. The van der Waals surface area contributed by atoms with Crippen LogP contribution in [0, 0.1) is 0 Å². The van der Waals surface area contributed by atoms with E-state index < -0.39 is 0 Å². The van der Waals surface area contributed by atoms with Crippen LogP contribution in [0.1, 0.15) is 36.5 Å². The van der Waals surface area contributed by atoms with Gasteiger partial charge in [-0.1, -0.05) is 56.2 Å². The molecule has 5 heteroatoms. The zero-order valence-electron chi connectivity index (χ0n) is 16.2. The summed E-state index contributed by atoms with van der Waals surface area (Å²) in [4.78, 5) is 17.8. The molecule has 1 amide bonds. The Balaban J connectivity index is 1.77. The first-order chi connectivity index (χ1) is 13.1. The van der Waals surface area contributed by atoms with Crippen molar-refractivity contribution < 1.29 is 4.79 Å². The van der Waals surface area contributed by atoms with E-state index in [0.717, 1.165) is 48.9 Å². The lowest BCUT2D eigenvalue weighted by Gasteiger charge is -2.42. The summed E-state index contributed by atoms with van der Waals surface area (Å²) in [6.07, 6.45) is 3.45. The molecule has 1 saturated heterocycles. The predicted octanol–water partition coefficient (Wildman–Crippen LogP) is 3.41. The fourth-order valence-corrected chi connectivity index (χ4v) is 4.09. The van der Waals surface area contributed by atoms with E-state index in [4.69, 9.17) is 5.73 Å². The number of amides is 1. The Morgan fingerprint density at radius 1 is 1.22 bits per heavy atom. The van der Waals surface area contributed by atoms with Crippen LogP contribution >= 0.6 is 12.6 Å². The topological polar surface area (TPSA) is 49.6 Å². The van der Waals surface area contributed by atoms with Gasteiger partial charge >= 0.3 is 0 Å². The minimum Gasteiger partial charge on any atom is -0.336 e. The number of fused-ring (bicyclic) bond motifs is 1. The van der Waals surface area contributed by atoms with Gasteiger partial charge in [0.25, 0.3) is 5.91 Å².